The van der Waals surface area contributed by atoms with Crippen molar-refractivity contribution in [2.24, 2.45) is 5.92 Å². The maximum absolute atomic E-state index is 13.1. The fraction of sp³-hybridized carbons (Fsp3) is 0.357. The van der Waals surface area contributed by atoms with Crippen LogP contribution in [0.25, 0.3) is 0 Å². The maximum Gasteiger partial charge on any atom is 0.416 e. The lowest BCUT2D eigenvalue weighted by Crippen LogP contribution is -2.27. The molecule has 2 aliphatic rings. The molecule has 1 N–H and O–H groups in total. The van der Waals surface area contributed by atoms with Crippen molar-refractivity contribution in [1.82, 2.24) is 15.2 Å². The number of aryl methyl sites for hydroxylation is 1. The Balaban J connectivity index is 1.32. The zero-order chi connectivity index (χ0) is 24.7. The molecule has 1 aromatic heterocycles. The van der Waals surface area contributed by atoms with Gasteiger partial charge in [0.2, 0.25) is 0 Å². The molecular formula is C28H28F3N3O. The van der Waals surface area contributed by atoms with Crippen molar-refractivity contribution >= 4 is 5.91 Å². The lowest BCUT2D eigenvalue weighted by molar-refractivity contribution is -0.137. The Kier molecular flexibility index (Phi) is 6.13. The van der Waals surface area contributed by atoms with Crippen LogP contribution in [-0.4, -0.2) is 15.8 Å². The summed E-state index contributed by atoms with van der Waals surface area (Å²) in [6, 6.07) is 15.5. The Morgan fingerprint density at radius 1 is 1.11 bits per heavy atom. The Bertz CT molecular complexity index is 1240. The summed E-state index contributed by atoms with van der Waals surface area (Å²) in [6.07, 6.45) is -0.852. The number of hydrogen-bond donors (Lipinski definition) is 1. The van der Waals surface area contributed by atoms with Gasteiger partial charge in [0, 0.05) is 19.3 Å². The highest BCUT2D eigenvalue weighted by molar-refractivity contribution is 5.94. The van der Waals surface area contributed by atoms with E-state index < -0.39 is 11.7 Å². The molecule has 0 saturated heterocycles. The van der Waals surface area contributed by atoms with Crippen LogP contribution < -0.4 is 5.32 Å². The average Bonchev–Trinajstić information content (AvgIpc) is 3.39. The molecular weight excluding hydrogens is 451 g/mol. The van der Waals surface area contributed by atoms with Gasteiger partial charge in [-0.15, -0.1) is 0 Å². The highest BCUT2D eigenvalue weighted by Gasteiger charge is 2.35. The van der Waals surface area contributed by atoms with Gasteiger partial charge in [-0.2, -0.15) is 13.2 Å². The normalized spacial score (nSPS) is 19.6. The summed E-state index contributed by atoms with van der Waals surface area (Å²) in [5.41, 5.74) is 5.10. The second-order valence-corrected chi connectivity index (χ2v) is 9.82. The number of halogens is 3. The molecule has 1 amide bonds. The zero-order valence-electron chi connectivity index (χ0n) is 19.8. The van der Waals surface area contributed by atoms with Crippen molar-refractivity contribution in [1.29, 1.82) is 0 Å². The molecule has 182 valence electrons. The first-order valence-electron chi connectivity index (χ1n) is 12.0. The molecule has 0 radical (unpaired) electrons. The molecule has 5 rings (SSSR count). The molecule has 3 aromatic rings. The number of nitrogens with zero attached hydrogens (tertiary/aromatic N) is 2. The first kappa shape index (κ1) is 23.5. The van der Waals surface area contributed by atoms with Gasteiger partial charge in [-0.25, -0.2) is 0 Å². The number of aromatic nitrogens is 1. The number of carbonyl (C=O) groups excluding carboxylic acids is 1. The van der Waals surface area contributed by atoms with Gasteiger partial charge in [-0.1, -0.05) is 50.2 Å². The number of carbonyl (C=O) groups is 1. The van der Waals surface area contributed by atoms with Crippen LogP contribution in [0.5, 0.6) is 0 Å². The number of benzene rings is 2. The summed E-state index contributed by atoms with van der Waals surface area (Å²) in [7, 11) is 0. The molecule has 0 unspecified atom stereocenters. The quantitative estimate of drug-likeness (QED) is 0.472. The van der Waals surface area contributed by atoms with Gasteiger partial charge in [-0.3, -0.25) is 14.7 Å². The third-order valence-electron chi connectivity index (χ3n) is 7.05. The summed E-state index contributed by atoms with van der Waals surface area (Å²) >= 11 is 0. The van der Waals surface area contributed by atoms with E-state index in [2.05, 4.69) is 41.2 Å². The van der Waals surface area contributed by atoms with Gasteiger partial charge in [0.05, 0.1) is 28.9 Å². The monoisotopic (exact) mass is 479 g/mol. The fourth-order valence-electron chi connectivity index (χ4n) is 5.40. The minimum absolute atomic E-state index is 0.00605. The van der Waals surface area contributed by atoms with Crippen LogP contribution in [0.4, 0.5) is 13.2 Å². The van der Waals surface area contributed by atoms with Crippen LogP contribution >= 0.6 is 0 Å². The van der Waals surface area contributed by atoms with Gasteiger partial charge in [0.1, 0.15) is 0 Å². The van der Waals surface area contributed by atoms with E-state index in [0.29, 0.717) is 18.7 Å². The molecule has 35 heavy (non-hydrogen) atoms. The van der Waals surface area contributed by atoms with E-state index in [4.69, 9.17) is 0 Å². The lowest BCUT2D eigenvalue weighted by Gasteiger charge is -2.27. The summed E-state index contributed by atoms with van der Waals surface area (Å²) < 4.78 is 38.8. The standard InChI is InChI=1S/C28H28F3N3O/c1-17(2)26-25-21(16-34(26)15-18-7-10-22(11-8-18)28(29,30)31)13-20(14-32-25)27(35)33-24-12-9-19-5-3-4-6-23(19)24/h3-8,10-11,13-14,17,24,26H,9,12,15-16H2,1-2H3,(H,33,35)/t24-,26+/m1/s1. The van der Waals surface area contributed by atoms with E-state index in [1.807, 2.05) is 18.2 Å². The number of nitrogens with one attached hydrogen (secondary N) is 1. The number of fused-ring (bicyclic) bond motifs is 2. The van der Waals surface area contributed by atoms with Crippen LogP contribution in [0.15, 0.2) is 60.8 Å². The van der Waals surface area contributed by atoms with Gasteiger partial charge < -0.3 is 5.32 Å². The van der Waals surface area contributed by atoms with Gasteiger partial charge >= 0.3 is 6.18 Å². The van der Waals surface area contributed by atoms with Crippen molar-refractivity contribution in [3.8, 4) is 0 Å². The average molecular weight is 480 g/mol. The molecule has 0 saturated carbocycles. The molecule has 1 aliphatic heterocycles. The number of alkyl halides is 3. The maximum atomic E-state index is 13.1. The molecule has 2 atom stereocenters. The lowest BCUT2D eigenvalue weighted by atomic mass is 9.99. The molecule has 0 fully saturated rings. The zero-order valence-corrected chi connectivity index (χ0v) is 19.8. The Morgan fingerprint density at radius 3 is 2.57 bits per heavy atom. The fourth-order valence-corrected chi connectivity index (χ4v) is 5.40. The van der Waals surface area contributed by atoms with Crippen LogP contribution in [0.3, 0.4) is 0 Å². The molecule has 1 aliphatic carbocycles. The van der Waals surface area contributed by atoms with E-state index in [1.165, 1.54) is 23.3 Å². The predicted molar refractivity (Wildman–Crippen MR) is 127 cm³/mol. The summed E-state index contributed by atoms with van der Waals surface area (Å²) in [6.45, 7) is 5.33. The number of amides is 1. The highest BCUT2D eigenvalue weighted by atomic mass is 19.4. The predicted octanol–water partition coefficient (Wildman–Crippen LogP) is 6.23. The summed E-state index contributed by atoms with van der Waals surface area (Å²) in [4.78, 5) is 20.0. The number of rotatable bonds is 5. The topological polar surface area (TPSA) is 45.2 Å². The van der Waals surface area contributed by atoms with E-state index in [9.17, 15) is 18.0 Å². The van der Waals surface area contributed by atoms with Crippen LogP contribution in [0.1, 0.15) is 76.2 Å². The van der Waals surface area contributed by atoms with Gasteiger partial charge in [-0.05, 0) is 59.2 Å². The SMILES string of the molecule is CC(C)[C@H]1c2ncc(C(=O)N[C@@H]3CCc4ccccc43)cc2CN1Cc1ccc(C(F)(F)F)cc1. The van der Waals surface area contributed by atoms with Crippen molar-refractivity contribution in [2.45, 2.75) is 58.0 Å². The van der Waals surface area contributed by atoms with E-state index in [-0.39, 0.29) is 23.9 Å². The third kappa shape index (κ3) is 4.69. The molecule has 0 spiro atoms. The summed E-state index contributed by atoms with van der Waals surface area (Å²) in [5.74, 6) is 0.122. The minimum atomic E-state index is -4.34. The highest BCUT2D eigenvalue weighted by Crippen LogP contribution is 2.39. The van der Waals surface area contributed by atoms with Gasteiger partial charge in [0.15, 0.2) is 0 Å². The Labute approximate surface area is 203 Å². The molecule has 7 heteroatoms. The third-order valence-corrected chi connectivity index (χ3v) is 7.05. The van der Waals surface area contributed by atoms with E-state index in [0.717, 1.165) is 41.8 Å². The second-order valence-electron chi connectivity index (χ2n) is 9.82. The van der Waals surface area contributed by atoms with Crippen LogP contribution in [0.2, 0.25) is 0 Å². The first-order valence-corrected chi connectivity index (χ1v) is 12.0. The van der Waals surface area contributed by atoms with E-state index >= 15 is 0 Å². The molecule has 4 nitrogen and oxygen atoms in total. The largest absolute Gasteiger partial charge is 0.416 e. The van der Waals surface area contributed by atoms with Crippen molar-refractivity contribution in [3.05, 3.63) is 99.9 Å². The van der Waals surface area contributed by atoms with Crippen molar-refractivity contribution in [3.63, 3.8) is 0 Å². The van der Waals surface area contributed by atoms with Crippen LogP contribution in [0, 0.1) is 5.92 Å². The molecule has 2 heterocycles. The van der Waals surface area contributed by atoms with Crippen molar-refractivity contribution < 1.29 is 18.0 Å². The van der Waals surface area contributed by atoms with Crippen LogP contribution in [-0.2, 0) is 25.7 Å². The van der Waals surface area contributed by atoms with E-state index in [1.54, 1.807) is 6.20 Å². The minimum Gasteiger partial charge on any atom is -0.345 e. The Hall–Kier alpha value is -3.19. The second kappa shape index (κ2) is 9.11. The molecule has 2 aromatic carbocycles. The van der Waals surface area contributed by atoms with Gasteiger partial charge in [0.25, 0.3) is 5.91 Å². The Morgan fingerprint density at radius 2 is 1.86 bits per heavy atom. The van der Waals surface area contributed by atoms with Crippen molar-refractivity contribution in [2.75, 3.05) is 0 Å². The summed E-state index contributed by atoms with van der Waals surface area (Å²) in [5, 5.41) is 3.16. The smallest absolute Gasteiger partial charge is 0.345 e. The molecule has 0 bridgehead atoms. The first-order chi connectivity index (χ1) is 16.7. The number of pyridine rings is 1. The number of hydrogen-bond acceptors (Lipinski definition) is 3.